The van der Waals surface area contributed by atoms with Crippen molar-refractivity contribution in [1.82, 2.24) is 14.8 Å². The molecule has 0 amide bonds. The summed E-state index contributed by atoms with van der Waals surface area (Å²) in [5, 5.41) is 7.10. The molecule has 1 rings (SSSR count). The molecular formula is C12H23N3O2S. The smallest absolute Gasteiger partial charge is 0.195 e. The van der Waals surface area contributed by atoms with Crippen molar-refractivity contribution in [1.29, 1.82) is 0 Å². The third-order valence-electron chi connectivity index (χ3n) is 2.66. The van der Waals surface area contributed by atoms with Crippen LogP contribution in [0.3, 0.4) is 0 Å². The molecule has 1 heterocycles. The Balaban J connectivity index is 2.22. The third-order valence-corrected chi connectivity index (χ3v) is 2.97. The van der Waals surface area contributed by atoms with E-state index in [1.807, 2.05) is 0 Å². The predicted octanol–water partition coefficient (Wildman–Crippen LogP) is 2.34. The second-order valence-electron chi connectivity index (χ2n) is 4.16. The molecule has 6 heteroatoms. The lowest BCUT2D eigenvalue weighted by molar-refractivity contribution is 0.0684. The number of aromatic nitrogens is 3. The maximum Gasteiger partial charge on any atom is 0.195 e. The highest BCUT2D eigenvalue weighted by atomic mass is 32.1. The largest absolute Gasteiger partial charge is 0.382 e. The van der Waals surface area contributed by atoms with E-state index in [-0.39, 0.29) is 0 Å². The van der Waals surface area contributed by atoms with E-state index in [1.54, 1.807) is 7.11 Å². The number of H-pyrrole nitrogens is 1. The molecular weight excluding hydrogens is 250 g/mol. The van der Waals surface area contributed by atoms with Gasteiger partial charge in [-0.15, -0.1) is 0 Å². The molecule has 0 bridgehead atoms. The molecule has 18 heavy (non-hydrogen) atoms. The maximum absolute atomic E-state index is 5.42. The zero-order valence-electron chi connectivity index (χ0n) is 11.3. The summed E-state index contributed by atoms with van der Waals surface area (Å²) in [7, 11) is 1.68. The van der Waals surface area contributed by atoms with Gasteiger partial charge in [0, 0.05) is 26.7 Å². The zero-order chi connectivity index (χ0) is 13.2. The van der Waals surface area contributed by atoms with Crippen LogP contribution in [0.5, 0.6) is 0 Å². The van der Waals surface area contributed by atoms with E-state index in [9.17, 15) is 0 Å². The lowest BCUT2D eigenvalue weighted by Crippen LogP contribution is -2.07. The molecule has 1 aromatic rings. The van der Waals surface area contributed by atoms with Crippen molar-refractivity contribution in [3.8, 4) is 0 Å². The van der Waals surface area contributed by atoms with Gasteiger partial charge in [-0.05, 0) is 31.5 Å². The Bertz CT molecular complexity index is 376. The number of hydrogen-bond donors (Lipinski definition) is 1. The molecule has 1 aromatic heterocycles. The van der Waals surface area contributed by atoms with Crippen LogP contribution in [0, 0.1) is 4.77 Å². The van der Waals surface area contributed by atoms with Crippen molar-refractivity contribution >= 4 is 12.2 Å². The first kappa shape index (κ1) is 15.3. The minimum atomic E-state index is 0.660. The number of aromatic amines is 1. The summed E-state index contributed by atoms with van der Waals surface area (Å²) in [5.41, 5.74) is 0. The fourth-order valence-corrected chi connectivity index (χ4v) is 1.96. The average Bonchev–Trinajstić information content (AvgIpc) is 2.70. The average molecular weight is 273 g/mol. The van der Waals surface area contributed by atoms with Crippen LogP contribution in [0.4, 0.5) is 0 Å². The molecule has 0 unspecified atom stereocenters. The Morgan fingerprint density at radius 1 is 1.28 bits per heavy atom. The van der Waals surface area contributed by atoms with Crippen molar-refractivity contribution in [3.63, 3.8) is 0 Å². The quantitative estimate of drug-likeness (QED) is 0.525. The van der Waals surface area contributed by atoms with Crippen LogP contribution in [0.2, 0.25) is 0 Å². The number of unbranched alkanes of at least 4 members (excludes halogenated alkanes) is 1. The van der Waals surface area contributed by atoms with E-state index in [2.05, 4.69) is 21.7 Å². The van der Waals surface area contributed by atoms with Gasteiger partial charge in [-0.3, -0.25) is 5.10 Å². The lowest BCUT2D eigenvalue weighted by Gasteiger charge is -2.06. The molecule has 0 aromatic carbocycles. The van der Waals surface area contributed by atoms with Gasteiger partial charge in [0.15, 0.2) is 4.77 Å². The number of aryl methyl sites for hydroxylation is 1. The standard InChI is InChI=1S/C12H23N3O2S/c1-3-6-11-13-14-12(18)15(11)7-4-5-8-17-10-9-16-2/h3-10H2,1-2H3,(H,14,18). The van der Waals surface area contributed by atoms with E-state index in [0.717, 1.165) is 49.4 Å². The fourth-order valence-electron chi connectivity index (χ4n) is 1.71. The fraction of sp³-hybridized carbons (Fsp3) is 0.833. The summed E-state index contributed by atoms with van der Waals surface area (Å²) in [6.45, 7) is 5.16. The van der Waals surface area contributed by atoms with Crippen molar-refractivity contribution < 1.29 is 9.47 Å². The third kappa shape index (κ3) is 5.29. The van der Waals surface area contributed by atoms with E-state index in [0.29, 0.717) is 13.2 Å². The number of hydrogen-bond acceptors (Lipinski definition) is 4. The Hall–Kier alpha value is -0.720. The van der Waals surface area contributed by atoms with Gasteiger partial charge in [-0.25, -0.2) is 0 Å². The highest BCUT2D eigenvalue weighted by molar-refractivity contribution is 7.71. The highest BCUT2D eigenvalue weighted by Gasteiger charge is 2.04. The molecule has 0 fully saturated rings. The van der Waals surface area contributed by atoms with Gasteiger partial charge in [0.25, 0.3) is 0 Å². The first-order chi connectivity index (χ1) is 8.79. The maximum atomic E-state index is 5.42. The predicted molar refractivity (Wildman–Crippen MR) is 73.3 cm³/mol. The van der Waals surface area contributed by atoms with Gasteiger partial charge in [-0.2, -0.15) is 5.10 Å². The Kier molecular flexibility index (Phi) is 7.88. The van der Waals surface area contributed by atoms with Crippen LogP contribution < -0.4 is 0 Å². The molecule has 1 N–H and O–H groups in total. The molecule has 5 nitrogen and oxygen atoms in total. The minimum Gasteiger partial charge on any atom is -0.382 e. The second kappa shape index (κ2) is 9.24. The van der Waals surface area contributed by atoms with E-state index in [1.165, 1.54) is 0 Å². The molecule has 0 saturated heterocycles. The molecule has 0 spiro atoms. The summed E-state index contributed by atoms with van der Waals surface area (Å²) in [6, 6.07) is 0. The van der Waals surface area contributed by atoms with Gasteiger partial charge in [0.2, 0.25) is 0 Å². The number of rotatable bonds is 10. The molecule has 0 aliphatic carbocycles. The number of ether oxygens (including phenoxy) is 2. The molecule has 0 aliphatic heterocycles. The summed E-state index contributed by atoms with van der Waals surface area (Å²) < 4.78 is 13.1. The molecule has 0 aliphatic rings. The van der Waals surface area contributed by atoms with Gasteiger partial charge >= 0.3 is 0 Å². The Labute approximate surface area is 113 Å². The Morgan fingerprint density at radius 2 is 2.11 bits per heavy atom. The van der Waals surface area contributed by atoms with Crippen LogP contribution in [0.25, 0.3) is 0 Å². The van der Waals surface area contributed by atoms with Crippen LogP contribution in [0.1, 0.15) is 32.0 Å². The SMILES string of the molecule is CCCc1n[nH]c(=S)n1CCCCOCCOC. The molecule has 0 saturated carbocycles. The van der Waals surface area contributed by atoms with Crippen LogP contribution in [-0.4, -0.2) is 41.7 Å². The summed E-state index contributed by atoms with van der Waals surface area (Å²) >= 11 is 5.22. The number of nitrogens with one attached hydrogen (secondary N) is 1. The van der Waals surface area contributed by atoms with Crippen molar-refractivity contribution in [3.05, 3.63) is 10.6 Å². The van der Waals surface area contributed by atoms with Gasteiger partial charge < -0.3 is 14.0 Å². The van der Waals surface area contributed by atoms with Crippen LogP contribution >= 0.6 is 12.2 Å². The second-order valence-corrected chi connectivity index (χ2v) is 4.55. The van der Waals surface area contributed by atoms with Crippen LogP contribution in [0.15, 0.2) is 0 Å². The molecule has 104 valence electrons. The summed E-state index contributed by atoms with van der Waals surface area (Å²) in [5.74, 6) is 1.06. The number of methoxy groups -OCH3 is 1. The van der Waals surface area contributed by atoms with E-state index in [4.69, 9.17) is 21.7 Å². The van der Waals surface area contributed by atoms with Gasteiger partial charge in [0.05, 0.1) is 13.2 Å². The first-order valence-corrected chi connectivity index (χ1v) is 6.91. The first-order valence-electron chi connectivity index (χ1n) is 6.50. The van der Waals surface area contributed by atoms with Gasteiger partial charge in [0.1, 0.15) is 5.82 Å². The lowest BCUT2D eigenvalue weighted by atomic mass is 10.3. The van der Waals surface area contributed by atoms with Crippen molar-refractivity contribution in [2.45, 2.75) is 39.2 Å². The molecule has 0 radical (unpaired) electrons. The minimum absolute atomic E-state index is 0.660. The van der Waals surface area contributed by atoms with E-state index >= 15 is 0 Å². The number of nitrogens with zero attached hydrogens (tertiary/aromatic N) is 2. The van der Waals surface area contributed by atoms with Crippen molar-refractivity contribution in [2.24, 2.45) is 0 Å². The Morgan fingerprint density at radius 3 is 2.83 bits per heavy atom. The van der Waals surface area contributed by atoms with Crippen LogP contribution in [-0.2, 0) is 22.4 Å². The highest BCUT2D eigenvalue weighted by Crippen LogP contribution is 2.04. The molecule has 0 atom stereocenters. The monoisotopic (exact) mass is 273 g/mol. The summed E-state index contributed by atoms with van der Waals surface area (Å²) in [6.07, 6.45) is 4.14. The van der Waals surface area contributed by atoms with Gasteiger partial charge in [-0.1, -0.05) is 6.92 Å². The summed E-state index contributed by atoms with van der Waals surface area (Å²) in [4.78, 5) is 0. The van der Waals surface area contributed by atoms with Crippen molar-refractivity contribution in [2.75, 3.05) is 26.9 Å². The van der Waals surface area contributed by atoms with E-state index < -0.39 is 0 Å². The topological polar surface area (TPSA) is 52.1 Å². The normalized spacial score (nSPS) is 11.0. The zero-order valence-corrected chi connectivity index (χ0v) is 12.1.